The molecule has 77 valence electrons. The zero-order chi connectivity index (χ0) is 10.6. The summed E-state index contributed by atoms with van der Waals surface area (Å²) in [4.78, 5) is 0. The van der Waals surface area contributed by atoms with Gasteiger partial charge in [0.1, 0.15) is 0 Å². The molecule has 1 aromatic carbocycles. The molecule has 0 saturated carbocycles. The van der Waals surface area contributed by atoms with Crippen LogP contribution in [0.25, 0.3) is 0 Å². The van der Waals surface area contributed by atoms with E-state index in [1.165, 1.54) is 6.07 Å². The standard InChI is InChI=1S/C11H12F3/c1-2-3-4-9-5-7-10(8-6-9)11(12,13)14/h5,7-8H,2-4H2,1H3. The highest BCUT2D eigenvalue weighted by Crippen LogP contribution is 2.28. The fourth-order valence-electron chi connectivity index (χ4n) is 1.16. The fraction of sp³-hybridized carbons (Fsp3) is 0.455. The number of unbranched alkanes of at least 4 members (excludes halogenated alkanes) is 1. The molecular formula is C11H12F3. The predicted molar refractivity (Wildman–Crippen MR) is 48.9 cm³/mol. The van der Waals surface area contributed by atoms with Gasteiger partial charge in [0.2, 0.25) is 0 Å². The highest BCUT2D eigenvalue weighted by Gasteiger charge is 2.29. The second-order valence-corrected chi connectivity index (χ2v) is 3.20. The molecule has 1 radical (unpaired) electrons. The Morgan fingerprint density at radius 1 is 1.29 bits per heavy atom. The minimum atomic E-state index is -4.25. The van der Waals surface area contributed by atoms with Crippen molar-refractivity contribution in [2.75, 3.05) is 0 Å². The van der Waals surface area contributed by atoms with Gasteiger partial charge in [0, 0.05) is 0 Å². The van der Waals surface area contributed by atoms with E-state index in [0.717, 1.165) is 37.0 Å². The van der Waals surface area contributed by atoms with Crippen molar-refractivity contribution in [2.24, 2.45) is 0 Å². The third-order valence-corrected chi connectivity index (χ3v) is 2.00. The maximum absolute atomic E-state index is 12.2. The van der Waals surface area contributed by atoms with Crippen LogP contribution in [0.4, 0.5) is 13.2 Å². The van der Waals surface area contributed by atoms with E-state index in [1.807, 2.05) is 6.92 Å². The first-order valence-electron chi connectivity index (χ1n) is 4.62. The molecule has 14 heavy (non-hydrogen) atoms. The fourth-order valence-corrected chi connectivity index (χ4v) is 1.16. The lowest BCUT2D eigenvalue weighted by atomic mass is 10.1. The average molecular weight is 201 g/mol. The van der Waals surface area contributed by atoms with Gasteiger partial charge in [0.25, 0.3) is 0 Å². The average Bonchev–Trinajstić information content (AvgIpc) is 2.14. The van der Waals surface area contributed by atoms with Gasteiger partial charge in [-0.15, -0.1) is 0 Å². The minimum Gasteiger partial charge on any atom is -0.166 e. The molecular weight excluding hydrogens is 189 g/mol. The van der Waals surface area contributed by atoms with Crippen LogP contribution in [0.3, 0.4) is 0 Å². The Morgan fingerprint density at radius 2 is 2.00 bits per heavy atom. The highest BCUT2D eigenvalue weighted by molar-refractivity contribution is 5.23. The second-order valence-electron chi connectivity index (χ2n) is 3.20. The molecule has 0 saturated heterocycles. The molecule has 0 heterocycles. The van der Waals surface area contributed by atoms with Gasteiger partial charge in [-0.2, -0.15) is 13.2 Å². The van der Waals surface area contributed by atoms with E-state index < -0.39 is 11.7 Å². The quantitative estimate of drug-likeness (QED) is 0.696. The molecule has 0 amide bonds. The Kier molecular flexibility index (Phi) is 3.55. The molecule has 0 spiro atoms. The highest BCUT2D eigenvalue weighted by atomic mass is 19.4. The van der Waals surface area contributed by atoms with Crippen LogP contribution in [0.5, 0.6) is 0 Å². The van der Waals surface area contributed by atoms with E-state index in [1.54, 1.807) is 0 Å². The zero-order valence-corrected chi connectivity index (χ0v) is 7.99. The summed E-state index contributed by atoms with van der Waals surface area (Å²) in [5, 5.41) is 0. The van der Waals surface area contributed by atoms with Gasteiger partial charge < -0.3 is 0 Å². The van der Waals surface area contributed by atoms with Crippen molar-refractivity contribution in [1.82, 2.24) is 0 Å². The molecule has 0 aliphatic rings. The van der Waals surface area contributed by atoms with Crippen LogP contribution in [0.1, 0.15) is 30.9 Å². The van der Waals surface area contributed by atoms with Crippen molar-refractivity contribution in [3.8, 4) is 0 Å². The third kappa shape index (κ3) is 3.05. The Bertz CT molecular complexity index is 272. The molecule has 0 aromatic heterocycles. The Morgan fingerprint density at radius 3 is 2.43 bits per heavy atom. The number of hydrogen-bond donors (Lipinski definition) is 0. The van der Waals surface area contributed by atoms with Crippen LogP contribution >= 0.6 is 0 Å². The topological polar surface area (TPSA) is 0 Å². The number of rotatable bonds is 3. The maximum Gasteiger partial charge on any atom is 0.416 e. The molecule has 0 unspecified atom stereocenters. The number of halogens is 3. The maximum atomic E-state index is 12.2. The SMILES string of the molecule is CCCCc1[c]cc(C(F)(F)F)cc1. The molecule has 0 aliphatic heterocycles. The molecule has 1 aromatic rings. The molecule has 0 bridgehead atoms. The van der Waals surface area contributed by atoms with Gasteiger partial charge in [0.15, 0.2) is 0 Å². The third-order valence-electron chi connectivity index (χ3n) is 2.00. The number of hydrogen-bond acceptors (Lipinski definition) is 0. The van der Waals surface area contributed by atoms with Crippen molar-refractivity contribution in [3.05, 3.63) is 35.4 Å². The van der Waals surface area contributed by atoms with Crippen molar-refractivity contribution in [3.63, 3.8) is 0 Å². The Labute approximate surface area is 81.8 Å². The van der Waals surface area contributed by atoms with Gasteiger partial charge in [0.05, 0.1) is 5.56 Å². The van der Waals surface area contributed by atoms with Gasteiger partial charge in [-0.3, -0.25) is 0 Å². The summed E-state index contributed by atoms with van der Waals surface area (Å²) in [6, 6.07) is 6.29. The Hall–Kier alpha value is -0.990. The Balaban J connectivity index is 2.69. The van der Waals surface area contributed by atoms with E-state index in [-0.39, 0.29) is 0 Å². The van der Waals surface area contributed by atoms with Gasteiger partial charge in [-0.1, -0.05) is 19.4 Å². The van der Waals surface area contributed by atoms with Gasteiger partial charge in [-0.05, 0) is 36.6 Å². The van der Waals surface area contributed by atoms with Crippen molar-refractivity contribution in [2.45, 2.75) is 32.4 Å². The first-order valence-corrected chi connectivity index (χ1v) is 4.62. The van der Waals surface area contributed by atoms with E-state index >= 15 is 0 Å². The molecule has 3 heteroatoms. The minimum absolute atomic E-state index is 0.627. The summed E-state index contributed by atoms with van der Waals surface area (Å²) in [5.74, 6) is 0. The molecule has 1 rings (SSSR count). The monoisotopic (exact) mass is 201 g/mol. The van der Waals surface area contributed by atoms with Crippen molar-refractivity contribution < 1.29 is 13.2 Å². The first-order chi connectivity index (χ1) is 6.54. The van der Waals surface area contributed by atoms with Gasteiger partial charge >= 0.3 is 6.18 Å². The summed E-state index contributed by atoms with van der Waals surface area (Å²) in [7, 11) is 0. The van der Waals surface area contributed by atoms with Crippen LogP contribution in [0, 0.1) is 6.07 Å². The summed E-state index contributed by atoms with van der Waals surface area (Å²) in [5.41, 5.74) is 0.220. The number of alkyl halides is 3. The summed E-state index contributed by atoms with van der Waals surface area (Å²) >= 11 is 0. The van der Waals surface area contributed by atoms with E-state index in [0.29, 0.717) is 0 Å². The lowest BCUT2D eigenvalue weighted by Gasteiger charge is -2.06. The molecule has 0 aliphatic carbocycles. The summed E-state index contributed by atoms with van der Waals surface area (Å²) in [6.07, 6.45) is -1.43. The molecule has 0 fully saturated rings. The smallest absolute Gasteiger partial charge is 0.166 e. The van der Waals surface area contributed by atoms with Crippen LogP contribution < -0.4 is 0 Å². The normalized spacial score (nSPS) is 11.7. The van der Waals surface area contributed by atoms with E-state index in [9.17, 15) is 13.2 Å². The second kappa shape index (κ2) is 4.49. The van der Waals surface area contributed by atoms with Crippen LogP contribution in [0.15, 0.2) is 18.2 Å². The predicted octanol–water partition coefficient (Wildman–Crippen LogP) is 3.85. The lowest BCUT2D eigenvalue weighted by molar-refractivity contribution is -0.137. The molecule has 0 N–H and O–H groups in total. The van der Waals surface area contributed by atoms with Crippen LogP contribution in [-0.2, 0) is 12.6 Å². The number of benzene rings is 1. The van der Waals surface area contributed by atoms with Crippen molar-refractivity contribution in [1.29, 1.82) is 0 Å². The lowest BCUT2D eigenvalue weighted by Crippen LogP contribution is -2.04. The molecule has 0 atom stereocenters. The van der Waals surface area contributed by atoms with E-state index in [4.69, 9.17) is 0 Å². The van der Waals surface area contributed by atoms with Crippen molar-refractivity contribution >= 4 is 0 Å². The molecule has 0 nitrogen and oxygen atoms in total. The van der Waals surface area contributed by atoms with Crippen LogP contribution in [-0.4, -0.2) is 0 Å². The zero-order valence-electron chi connectivity index (χ0n) is 7.99. The van der Waals surface area contributed by atoms with Gasteiger partial charge in [-0.25, -0.2) is 0 Å². The van der Waals surface area contributed by atoms with E-state index in [2.05, 4.69) is 6.07 Å². The number of aryl methyl sites for hydroxylation is 1. The van der Waals surface area contributed by atoms with Crippen LogP contribution in [0.2, 0.25) is 0 Å². The summed E-state index contributed by atoms with van der Waals surface area (Å²) < 4.78 is 36.5. The first kappa shape index (κ1) is 11.1. The largest absolute Gasteiger partial charge is 0.416 e. The summed E-state index contributed by atoms with van der Waals surface area (Å²) in [6.45, 7) is 2.05.